The molecular formula is C21H21N5O5S. The molecule has 1 heterocycles. The van der Waals surface area contributed by atoms with Crippen LogP contribution in [0.15, 0.2) is 53.7 Å². The fourth-order valence-corrected chi connectivity index (χ4v) is 3.80. The van der Waals surface area contributed by atoms with E-state index in [2.05, 4.69) is 15.5 Å². The molecule has 0 aliphatic carbocycles. The van der Waals surface area contributed by atoms with Crippen molar-refractivity contribution in [3.8, 4) is 11.4 Å². The van der Waals surface area contributed by atoms with Crippen LogP contribution < -0.4 is 10.1 Å². The number of benzene rings is 2. The maximum Gasteiger partial charge on any atom is 0.269 e. The quantitative estimate of drug-likeness (QED) is 0.214. The summed E-state index contributed by atoms with van der Waals surface area (Å²) in [4.78, 5) is 34.1. The first-order valence-electron chi connectivity index (χ1n) is 9.63. The van der Waals surface area contributed by atoms with Crippen LogP contribution in [0.2, 0.25) is 0 Å². The Hall–Kier alpha value is -3.73. The zero-order valence-electron chi connectivity index (χ0n) is 17.5. The third kappa shape index (κ3) is 5.49. The second-order valence-electron chi connectivity index (χ2n) is 6.65. The molecule has 0 atom stereocenters. The van der Waals surface area contributed by atoms with E-state index in [1.165, 1.54) is 43.0 Å². The fourth-order valence-electron chi connectivity index (χ4n) is 2.94. The van der Waals surface area contributed by atoms with Crippen molar-refractivity contribution >= 4 is 29.1 Å². The maximum atomic E-state index is 12.6. The molecule has 0 radical (unpaired) electrons. The van der Waals surface area contributed by atoms with Crippen molar-refractivity contribution in [2.24, 2.45) is 0 Å². The van der Waals surface area contributed by atoms with Crippen LogP contribution in [-0.2, 0) is 11.2 Å². The van der Waals surface area contributed by atoms with Crippen molar-refractivity contribution in [2.45, 2.75) is 18.5 Å². The van der Waals surface area contributed by atoms with Crippen LogP contribution in [0.25, 0.3) is 5.69 Å². The number of ketones is 1. The predicted octanol–water partition coefficient (Wildman–Crippen LogP) is 2.84. The summed E-state index contributed by atoms with van der Waals surface area (Å²) in [5.41, 5.74) is 1.01. The highest BCUT2D eigenvalue weighted by molar-refractivity contribution is 7.99. The summed E-state index contributed by atoms with van der Waals surface area (Å²) in [5, 5.41) is 22.5. The first-order valence-corrected chi connectivity index (χ1v) is 10.6. The SMILES string of the molecule is COc1ccccc1-n1c(CCNC(C)=O)nnc1SCC(=O)c1ccc([N+](=O)[O-])cc1. The van der Waals surface area contributed by atoms with E-state index in [9.17, 15) is 19.7 Å². The Morgan fingerprint density at radius 1 is 1.16 bits per heavy atom. The molecule has 3 rings (SSSR count). The van der Waals surface area contributed by atoms with Crippen LogP contribution in [-0.4, -0.2) is 50.8 Å². The Balaban J connectivity index is 1.83. The van der Waals surface area contributed by atoms with Gasteiger partial charge in [-0.25, -0.2) is 0 Å². The number of rotatable bonds is 10. The van der Waals surface area contributed by atoms with Gasteiger partial charge >= 0.3 is 0 Å². The van der Waals surface area contributed by atoms with E-state index in [0.29, 0.717) is 40.9 Å². The van der Waals surface area contributed by atoms with Crippen molar-refractivity contribution in [3.63, 3.8) is 0 Å². The fraction of sp³-hybridized carbons (Fsp3) is 0.238. The molecular weight excluding hydrogens is 434 g/mol. The van der Waals surface area contributed by atoms with Gasteiger partial charge in [0, 0.05) is 37.6 Å². The number of Topliss-reactive ketones (excluding diaryl/α,β-unsaturated/α-hetero) is 1. The molecule has 0 spiro atoms. The summed E-state index contributed by atoms with van der Waals surface area (Å²) in [7, 11) is 1.56. The highest BCUT2D eigenvalue weighted by atomic mass is 32.2. The molecule has 2 aromatic carbocycles. The van der Waals surface area contributed by atoms with Crippen molar-refractivity contribution in [1.82, 2.24) is 20.1 Å². The zero-order valence-corrected chi connectivity index (χ0v) is 18.3. The number of carbonyl (C=O) groups is 2. The number of aromatic nitrogens is 3. The average Bonchev–Trinajstić information content (AvgIpc) is 3.19. The molecule has 10 nitrogen and oxygen atoms in total. The van der Waals surface area contributed by atoms with E-state index in [1.54, 1.807) is 11.7 Å². The molecule has 32 heavy (non-hydrogen) atoms. The number of methoxy groups -OCH3 is 1. The number of carbonyl (C=O) groups excluding carboxylic acids is 2. The van der Waals surface area contributed by atoms with E-state index in [1.807, 2.05) is 24.3 Å². The molecule has 0 aliphatic heterocycles. The van der Waals surface area contributed by atoms with Gasteiger partial charge in [0.2, 0.25) is 5.91 Å². The minimum absolute atomic E-state index is 0.0663. The molecule has 0 saturated heterocycles. The monoisotopic (exact) mass is 455 g/mol. The van der Waals surface area contributed by atoms with Gasteiger partial charge in [-0.05, 0) is 24.3 Å². The molecule has 0 unspecified atom stereocenters. The van der Waals surface area contributed by atoms with Gasteiger partial charge in [0.1, 0.15) is 11.6 Å². The molecule has 0 bridgehead atoms. The summed E-state index contributed by atoms with van der Waals surface area (Å²) in [6.07, 6.45) is 0.432. The van der Waals surface area contributed by atoms with Gasteiger partial charge in [-0.2, -0.15) is 0 Å². The number of amides is 1. The molecule has 1 N–H and O–H groups in total. The van der Waals surface area contributed by atoms with Crippen LogP contribution in [0, 0.1) is 10.1 Å². The molecule has 11 heteroatoms. The summed E-state index contributed by atoms with van der Waals surface area (Å²) in [6.45, 7) is 1.82. The lowest BCUT2D eigenvalue weighted by Crippen LogP contribution is -2.23. The van der Waals surface area contributed by atoms with Gasteiger partial charge in [-0.1, -0.05) is 23.9 Å². The Bertz CT molecular complexity index is 1130. The number of nitro benzene ring substituents is 1. The van der Waals surface area contributed by atoms with Crippen LogP contribution in [0.5, 0.6) is 5.75 Å². The van der Waals surface area contributed by atoms with Gasteiger partial charge in [0.25, 0.3) is 5.69 Å². The van der Waals surface area contributed by atoms with E-state index in [4.69, 9.17) is 4.74 Å². The number of hydrogen-bond donors (Lipinski definition) is 1. The number of thioether (sulfide) groups is 1. The van der Waals surface area contributed by atoms with E-state index >= 15 is 0 Å². The maximum absolute atomic E-state index is 12.6. The van der Waals surface area contributed by atoms with Crippen LogP contribution in [0.1, 0.15) is 23.1 Å². The van der Waals surface area contributed by atoms with Crippen molar-refractivity contribution in [2.75, 3.05) is 19.4 Å². The number of non-ortho nitro benzene ring substituents is 1. The normalized spacial score (nSPS) is 10.6. The largest absolute Gasteiger partial charge is 0.495 e. The van der Waals surface area contributed by atoms with Crippen molar-refractivity contribution in [1.29, 1.82) is 0 Å². The van der Waals surface area contributed by atoms with Crippen LogP contribution in [0.4, 0.5) is 5.69 Å². The number of nitrogens with zero attached hydrogens (tertiary/aromatic N) is 4. The number of para-hydroxylation sites is 2. The second-order valence-corrected chi connectivity index (χ2v) is 7.60. The predicted molar refractivity (Wildman–Crippen MR) is 118 cm³/mol. The summed E-state index contributed by atoms with van der Waals surface area (Å²) in [6, 6.07) is 12.8. The Morgan fingerprint density at radius 3 is 2.53 bits per heavy atom. The summed E-state index contributed by atoms with van der Waals surface area (Å²) < 4.78 is 7.27. The van der Waals surface area contributed by atoms with E-state index in [-0.39, 0.29) is 23.1 Å². The highest BCUT2D eigenvalue weighted by Gasteiger charge is 2.19. The van der Waals surface area contributed by atoms with E-state index < -0.39 is 4.92 Å². The molecule has 166 valence electrons. The molecule has 0 saturated carbocycles. The van der Waals surface area contributed by atoms with Gasteiger partial charge in [0.05, 0.1) is 23.5 Å². The summed E-state index contributed by atoms with van der Waals surface area (Å²) in [5.74, 6) is 0.942. The number of ether oxygens (including phenoxy) is 1. The first kappa shape index (κ1) is 22.9. The minimum atomic E-state index is -0.513. The van der Waals surface area contributed by atoms with Gasteiger partial charge < -0.3 is 10.1 Å². The smallest absolute Gasteiger partial charge is 0.269 e. The molecule has 1 amide bonds. The standard InChI is InChI=1S/C21H21N5O5S/c1-14(27)22-12-11-20-23-24-21(25(20)17-5-3-4-6-19(17)31-2)32-13-18(28)15-7-9-16(10-8-15)26(29)30/h3-10H,11-13H2,1-2H3,(H,22,27). The first-order chi connectivity index (χ1) is 15.4. The van der Waals surface area contributed by atoms with Gasteiger partial charge in [0.15, 0.2) is 10.9 Å². The van der Waals surface area contributed by atoms with E-state index in [0.717, 1.165) is 0 Å². The highest BCUT2D eigenvalue weighted by Crippen LogP contribution is 2.29. The molecule has 0 fully saturated rings. The van der Waals surface area contributed by atoms with Crippen LogP contribution >= 0.6 is 11.8 Å². The Morgan fingerprint density at radius 2 is 1.88 bits per heavy atom. The third-order valence-corrected chi connectivity index (χ3v) is 5.41. The lowest BCUT2D eigenvalue weighted by atomic mass is 10.1. The average molecular weight is 455 g/mol. The van der Waals surface area contributed by atoms with Crippen molar-refractivity contribution < 1.29 is 19.2 Å². The van der Waals surface area contributed by atoms with Gasteiger partial charge in [-0.3, -0.25) is 24.3 Å². The second kappa shape index (κ2) is 10.5. The summed E-state index contributed by atoms with van der Waals surface area (Å²) >= 11 is 1.20. The number of nitro groups is 1. The number of hydrogen-bond acceptors (Lipinski definition) is 8. The topological polar surface area (TPSA) is 129 Å². The van der Waals surface area contributed by atoms with Crippen LogP contribution in [0.3, 0.4) is 0 Å². The molecule has 1 aromatic heterocycles. The lowest BCUT2D eigenvalue weighted by Gasteiger charge is -2.13. The minimum Gasteiger partial charge on any atom is -0.495 e. The Labute approximate surface area is 188 Å². The number of nitrogens with one attached hydrogen (secondary N) is 1. The molecule has 3 aromatic rings. The van der Waals surface area contributed by atoms with Crippen molar-refractivity contribution in [3.05, 3.63) is 70.0 Å². The zero-order chi connectivity index (χ0) is 23.1. The lowest BCUT2D eigenvalue weighted by molar-refractivity contribution is -0.384. The van der Waals surface area contributed by atoms with Gasteiger partial charge in [-0.15, -0.1) is 10.2 Å². The molecule has 0 aliphatic rings. The Kier molecular flexibility index (Phi) is 7.55. The third-order valence-electron chi connectivity index (χ3n) is 4.48.